The second kappa shape index (κ2) is 12.2. The van der Waals surface area contributed by atoms with Crippen LogP contribution in [-0.4, -0.2) is 53.7 Å². The molecular weight excluding hydrogens is 440 g/mol. The summed E-state index contributed by atoms with van der Waals surface area (Å²) in [6.07, 6.45) is -1.23. The van der Waals surface area contributed by atoms with Crippen molar-refractivity contribution in [3.63, 3.8) is 0 Å². The smallest absolute Gasteiger partial charge is 0.327 e. The van der Waals surface area contributed by atoms with Crippen molar-refractivity contribution in [1.82, 2.24) is 20.4 Å². The number of imide groups is 1. The number of urea groups is 1. The molecule has 5 N–H and O–H groups in total. The molecule has 0 aliphatic carbocycles. The molecule has 1 aliphatic rings. The van der Waals surface area contributed by atoms with Gasteiger partial charge in [0.25, 0.3) is 0 Å². The van der Waals surface area contributed by atoms with E-state index in [2.05, 4.69) is 48.0 Å². The minimum absolute atomic E-state index is 0.225. The first-order valence-corrected chi connectivity index (χ1v) is 12.4. The van der Waals surface area contributed by atoms with Crippen LogP contribution in [-0.2, 0) is 17.9 Å². The lowest BCUT2D eigenvalue weighted by Crippen LogP contribution is -2.69. The van der Waals surface area contributed by atoms with Gasteiger partial charge < -0.3 is 21.3 Å². The Morgan fingerprint density at radius 1 is 0.914 bits per heavy atom. The summed E-state index contributed by atoms with van der Waals surface area (Å²) in [5.41, 5.74) is 9.77. The molecule has 2 aromatic rings. The van der Waals surface area contributed by atoms with Gasteiger partial charge >= 0.3 is 6.03 Å². The van der Waals surface area contributed by atoms with E-state index >= 15 is 0 Å². The minimum atomic E-state index is -0.746. The number of carbonyl (C=O) groups is 2. The highest BCUT2D eigenvalue weighted by molar-refractivity contribution is 5.98. The van der Waals surface area contributed by atoms with Gasteiger partial charge in [0, 0.05) is 38.4 Å². The fourth-order valence-electron chi connectivity index (χ4n) is 4.29. The van der Waals surface area contributed by atoms with Crippen LogP contribution < -0.4 is 21.7 Å². The van der Waals surface area contributed by atoms with Crippen LogP contribution in [0.15, 0.2) is 54.6 Å². The Morgan fingerprint density at radius 3 is 2.14 bits per heavy atom. The van der Waals surface area contributed by atoms with Crippen LogP contribution in [0.2, 0.25) is 0 Å². The van der Waals surface area contributed by atoms with E-state index < -0.39 is 18.2 Å². The Balaban J connectivity index is 1.84. The van der Waals surface area contributed by atoms with Gasteiger partial charge in [-0.1, -0.05) is 70.2 Å². The first kappa shape index (κ1) is 26.7. The predicted octanol–water partition coefficient (Wildman–Crippen LogP) is 3.16. The third kappa shape index (κ3) is 7.04. The number of carbonyl (C=O) groups excluding carboxylic acids is 2. The van der Waals surface area contributed by atoms with Gasteiger partial charge in [0.15, 0.2) is 0 Å². The summed E-state index contributed by atoms with van der Waals surface area (Å²) in [6, 6.07) is 18.1. The molecule has 1 heterocycles. The monoisotopic (exact) mass is 480 g/mol. The molecular formula is C27H40N6O2. The average Bonchev–Trinajstić information content (AvgIpc) is 2.83. The maximum atomic E-state index is 13.3. The predicted molar refractivity (Wildman–Crippen MR) is 140 cm³/mol. The van der Waals surface area contributed by atoms with E-state index in [4.69, 9.17) is 5.73 Å². The Hall–Kier alpha value is -2.94. The van der Waals surface area contributed by atoms with Gasteiger partial charge in [-0.05, 0) is 29.2 Å². The Morgan fingerprint density at radius 2 is 1.54 bits per heavy atom. The molecule has 8 nitrogen and oxygen atoms in total. The third-order valence-corrected chi connectivity index (χ3v) is 6.13. The molecule has 3 amide bonds. The van der Waals surface area contributed by atoms with Crippen LogP contribution >= 0.6 is 0 Å². The maximum Gasteiger partial charge on any atom is 0.327 e. The summed E-state index contributed by atoms with van der Waals surface area (Å²) in [4.78, 5) is 29.0. The SMILES string of the molecule is CC(C)CN1C(=O)N(C)C(=O)C(C(NCc2cccc(CNC(C)C)c2)Nc2ccccc2)C1N. The molecule has 8 heteroatoms. The number of hydrogen-bond donors (Lipinski definition) is 4. The van der Waals surface area contributed by atoms with E-state index in [1.165, 1.54) is 17.5 Å². The summed E-state index contributed by atoms with van der Waals surface area (Å²) in [6.45, 7) is 10.1. The van der Waals surface area contributed by atoms with E-state index in [9.17, 15) is 9.59 Å². The van der Waals surface area contributed by atoms with Crippen molar-refractivity contribution in [3.05, 3.63) is 65.7 Å². The lowest BCUT2D eigenvalue weighted by molar-refractivity contribution is -0.138. The molecule has 0 aromatic heterocycles. The minimum Gasteiger partial charge on any atom is -0.369 e. The molecule has 0 bridgehead atoms. The summed E-state index contributed by atoms with van der Waals surface area (Å²) >= 11 is 0. The molecule has 3 unspecified atom stereocenters. The molecule has 35 heavy (non-hydrogen) atoms. The number of nitrogens with zero attached hydrogens (tertiary/aromatic N) is 2. The number of anilines is 1. The standard InChI is InChI=1S/C27H40N6O2/c1-18(2)17-33-24(28)23(26(34)32(5)27(33)35)25(31-22-12-7-6-8-13-22)30-16-21-11-9-10-20(14-21)15-29-19(3)4/h6-14,18-19,23-25,29-31H,15-17,28H2,1-5H3. The molecule has 3 rings (SSSR count). The second-order valence-corrected chi connectivity index (χ2v) is 9.97. The van der Waals surface area contributed by atoms with Crippen LogP contribution in [0.5, 0.6) is 0 Å². The van der Waals surface area contributed by atoms with Crippen molar-refractivity contribution >= 4 is 17.6 Å². The molecule has 0 spiro atoms. The lowest BCUT2D eigenvalue weighted by atomic mass is 9.95. The van der Waals surface area contributed by atoms with Crippen molar-refractivity contribution in [2.24, 2.45) is 17.6 Å². The van der Waals surface area contributed by atoms with Crippen molar-refractivity contribution in [2.45, 2.75) is 59.2 Å². The van der Waals surface area contributed by atoms with Gasteiger partial charge in [-0.25, -0.2) is 4.79 Å². The molecule has 1 saturated heterocycles. The number of nitrogens with one attached hydrogen (secondary N) is 3. The van der Waals surface area contributed by atoms with Crippen molar-refractivity contribution in [3.8, 4) is 0 Å². The zero-order chi connectivity index (χ0) is 25.5. The van der Waals surface area contributed by atoms with Crippen molar-refractivity contribution < 1.29 is 9.59 Å². The highest BCUT2D eigenvalue weighted by atomic mass is 16.2. The molecule has 1 aliphatic heterocycles. The molecule has 2 aromatic carbocycles. The van der Waals surface area contributed by atoms with Crippen LogP contribution in [0, 0.1) is 11.8 Å². The van der Waals surface area contributed by atoms with E-state index in [0.29, 0.717) is 19.1 Å². The van der Waals surface area contributed by atoms with E-state index in [0.717, 1.165) is 17.8 Å². The number of amides is 3. The maximum absolute atomic E-state index is 13.3. The zero-order valence-electron chi connectivity index (χ0n) is 21.5. The number of benzene rings is 2. The van der Waals surface area contributed by atoms with Crippen LogP contribution in [0.3, 0.4) is 0 Å². The number of hydrogen-bond acceptors (Lipinski definition) is 6. The van der Waals surface area contributed by atoms with Crippen LogP contribution in [0.1, 0.15) is 38.8 Å². The first-order chi connectivity index (χ1) is 16.7. The Bertz CT molecular complexity index is 981. The van der Waals surface area contributed by atoms with Gasteiger partial charge in [0.2, 0.25) is 5.91 Å². The highest BCUT2D eigenvalue weighted by Crippen LogP contribution is 2.25. The van der Waals surface area contributed by atoms with E-state index in [1.54, 1.807) is 4.90 Å². The zero-order valence-corrected chi connectivity index (χ0v) is 21.5. The quantitative estimate of drug-likeness (QED) is 0.369. The summed E-state index contributed by atoms with van der Waals surface area (Å²) < 4.78 is 0. The largest absolute Gasteiger partial charge is 0.369 e. The van der Waals surface area contributed by atoms with Gasteiger partial charge in [0.05, 0.1) is 12.3 Å². The summed E-state index contributed by atoms with van der Waals surface area (Å²) in [7, 11) is 1.53. The molecule has 1 fully saturated rings. The molecule has 3 atom stereocenters. The molecule has 190 valence electrons. The second-order valence-electron chi connectivity index (χ2n) is 9.97. The van der Waals surface area contributed by atoms with E-state index in [1.807, 2.05) is 50.2 Å². The molecule has 0 radical (unpaired) electrons. The topological polar surface area (TPSA) is 103 Å². The number of nitrogens with two attached hydrogens (primary N) is 1. The number of rotatable bonds is 11. The Kier molecular flexibility index (Phi) is 9.26. The normalized spacial score (nSPS) is 19.5. The van der Waals surface area contributed by atoms with E-state index in [-0.39, 0.29) is 17.9 Å². The fraction of sp³-hybridized carbons (Fsp3) is 0.481. The fourth-order valence-corrected chi connectivity index (χ4v) is 4.29. The Labute approximate surface area is 209 Å². The summed E-state index contributed by atoms with van der Waals surface area (Å²) in [5.74, 6) is -0.733. The molecule has 0 saturated carbocycles. The van der Waals surface area contributed by atoms with Crippen molar-refractivity contribution in [2.75, 3.05) is 18.9 Å². The highest BCUT2D eigenvalue weighted by Gasteiger charge is 2.46. The summed E-state index contributed by atoms with van der Waals surface area (Å²) in [5, 5.41) is 10.4. The van der Waals surface area contributed by atoms with Crippen LogP contribution in [0.25, 0.3) is 0 Å². The first-order valence-electron chi connectivity index (χ1n) is 12.4. The van der Waals surface area contributed by atoms with Crippen LogP contribution in [0.4, 0.5) is 10.5 Å². The van der Waals surface area contributed by atoms with Gasteiger partial charge in [-0.2, -0.15) is 0 Å². The lowest BCUT2D eigenvalue weighted by Gasteiger charge is -2.45. The van der Waals surface area contributed by atoms with Gasteiger partial charge in [0.1, 0.15) is 5.92 Å². The average molecular weight is 481 g/mol. The third-order valence-electron chi connectivity index (χ3n) is 6.13. The van der Waals surface area contributed by atoms with Gasteiger partial charge in [-0.15, -0.1) is 0 Å². The van der Waals surface area contributed by atoms with Gasteiger partial charge in [-0.3, -0.25) is 15.0 Å². The van der Waals surface area contributed by atoms with Crippen molar-refractivity contribution in [1.29, 1.82) is 0 Å². The number of para-hydroxylation sites is 1.